The lowest BCUT2D eigenvalue weighted by Crippen LogP contribution is -2.27. The predicted molar refractivity (Wildman–Crippen MR) is 101 cm³/mol. The summed E-state index contributed by atoms with van der Waals surface area (Å²) in [5.41, 5.74) is 1.37. The van der Waals surface area contributed by atoms with E-state index in [4.69, 9.17) is 4.74 Å². The van der Waals surface area contributed by atoms with Gasteiger partial charge in [0.05, 0.1) is 6.61 Å². The van der Waals surface area contributed by atoms with Crippen LogP contribution in [0.4, 0.5) is 5.69 Å². The van der Waals surface area contributed by atoms with E-state index in [-0.39, 0.29) is 11.8 Å². The average molecular weight is 352 g/mol. The Kier molecular flexibility index (Phi) is 6.25. The van der Waals surface area contributed by atoms with Crippen molar-refractivity contribution in [1.29, 1.82) is 0 Å². The Hall–Kier alpha value is -2.82. The number of carbonyl (C=O) groups is 2. The van der Waals surface area contributed by atoms with Gasteiger partial charge in [-0.3, -0.25) is 9.59 Å². The molecule has 2 aromatic carbocycles. The fraction of sp³-hybridized carbons (Fsp3) is 0.333. The van der Waals surface area contributed by atoms with Crippen LogP contribution in [0.15, 0.2) is 54.6 Å². The number of nitrogens with one attached hydrogen (secondary N) is 1. The second-order valence-electron chi connectivity index (χ2n) is 6.39. The smallest absolute Gasteiger partial charge is 0.253 e. The molecule has 136 valence electrons. The van der Waals surface area contributed by atoms with E-state index >= 15 is 0 Å². The van der Waals surface area contributed by atoms with Crippen molar-refractivity contribution in [1.82, 2.24) is 4.90 Å². The molecule has 1 N–H and O–H groups in total. The summed E-state index contributed by atoms with van der Waals surface area (Å²) >= 11 is 0. The number of likely N-dealkylation sites (tertiary alicyclic amines) is 1. The number of amides is 2. The van der Waals surface area contributed by atoms with Crippen LogP contribution in [0.2, 0.25) is 0 Å². The first-order valence-corrected chi connectivity index (χ1v) is 9.09. The molecule has 5 nitrogen and oxygen atoms in total. The third-order valence-electron chi connectivity index (χ3n) is 4.37. The lowest BCUT2D eigenvalue weighted by molar-refractivity contribution is -0.116. The first-order valence-electron chi connectivity index (χ1n) is 9.09. The van der Waals surface area contributed by atoms with Crippen LogP contribution < -0.4 is 10.1 Å². The molecule has 2 aromatic rings. The third-order valence-corrected chi connectivity index (χ3v) is 4.37. The number of hydrogen-bond acceptors (Lipinski definition) is 3. The van der Waals surface area contributed by atoms with Gasteiger partial charge in [0, 0.05) is 30.8 Å². The monoisotopic (exact) mass is 352 g/mol. The Labute approximate surface area is 154 Å². The zero-order valence-corrected chi connectivity index (χ0v) is 14.8. The second-order valence-corrected chi connectivity index (χ2v) is 6.39. The summed E-state index contributed by atoms with van der Waals surface area (Å²) in [6, 6.07) is 16.7. The highest BCUT2D eigenvalue weighted by Gasteiger charge is 2.19. The zero-order chi connectivity index (χ0) is 18.2. The molecule has 0 bridgehead atoms. The Morgan fingerprint density at radius 1 is 0.962 bits per heavy atom. The fourth-order valence-corrected chi connectivity index (χ4v) is 2.96. The van der Waals surface area contributed by atoms with Crippen LogP contribution in [-0.2, 0) is 4.79 Å². The number of benzene rings is 2. The molecule has 1 aliphatic heterocycles. The van der Waals surface area contributed by atoms with Crippen molar-refractivity contribution in [2.24, 2.45) is 0 Å². The maximum Gasteiger partial charge on any atom is 0.253 e. The number of ether oxygens (including phenoxy) is 1. The van der Waals surface area contributed by atoms with Crippen molar-refractivity contribution in [2.45, 2.75) is 25.7 Å². The number of anilines is 1. The summed E-state index contributed by atoms with van der Waals surface area (Å²) < 4.78 is 5.58. The van der Waals surface area contributed by atoms with Crippen molar-refractivity contribution in [3.8, 4) is 5.75 Å². The molecular weight excluding hydrogens is 328 g/mol. The Morgan fingerprint density at radius 3 is 2.35 bits per heavy atom. The Morgan fingerprint density at radius 2 is 1.65 bits per heavy atom. The Balaban J connectivity index is 1.40. The summed E-state index contributed by atoms with van der Waals surface area (Å²) in [6.07, 6.45) is 3.19. The van der Waals surface area contributed by atoms with E-state index in [1.54, 1.807) is 24.3 Å². The quantitative estimate of drug-likeness (QED) is 0.773. The molecule has 0 unspecified atom stereocenters. The standard InChI is InChI=1S/C21H24N2O3/c24-20(9-6-16-26-19-7-2-1-3-8-19)22-18-12-10-17(11-13-18)21(25)23-14-4-5-15-23/h1-3,7-8,10-13H,4-6,9,14-16H2,(H,22,24). The van der Waals surface area contributed by atoms with Crippen molar-refractivity contribution in [3.05, 3.63) is 60.2 Å². The largest absolute Gasteiger partial charge is 0.494 e. The molecule has 0 aliphatic carbocycles. The molecular formula is C21H24N2O3. The van der Waals surface area contributed by atoms with E-state index in [0.29, 0.717) is 30.7 Å². The highest BCUT2D eigenvalue weighted by atomic mass is 16.5. The molecule has 1 heterocycles. The molecule has 0 spiro atoms. The van der Waals surface area contributed by atoms with E-state index in [1.807, 2.05) is 35.2 Å². The van der Waals surface area contributed by atoms with Crippen LogP contribution in [0.1, 0.15) is 36.0 Å². The van der Waals surface area contributed by atoms with Crippen molar-refractivity contribution >= 4 is 17.5 Å². The maximum absolute atomic E-state index is 12.3. The van der Waals surface area contributed by atoms with Crippen molar-refractivity contribution in [3.63, 3.8) is 0 Å². The van der Waals surface area contributed by atoms with Gasteiger partial charge in [0.2, 0.25) is 5.91 Å². The Bertz CT molecular complexity index is 723. The van der Waals surface area contributed by atoms with Gasteiger partial charge >= 0.3 is 0 Å². The van der Waals surface area contributed by atoms with Gasteiger partial charge in [-0.1, -0.05) is 18.2 Å². The minimum Gasteiger partial charge on any atom is -0.494 e. The van der Waals surface area contributed by atoms with Crippen LogP contribution in [-0.4, -0.2) is 36.4 Å². The lowest BCUT2D eigenvalue weighted by Gasteiger charge is -2.15. The van der Waals surface area contributed by atoms with E-state index < -0.39 is 0 Å². The molecule has 1 saturated heterocycles. The van der Waals surface area contributed by atoms with E-state index in [9.17, 15) is 9.59 Å². The normalized spacial score (nSPS) is 13.5. The minimum atomic E-state index is -0.0553. The molecule has 1 fully saturated rings. The van der Waals surface area contributed by atoms with Gasteiger partial charge in [-0.15, -0.1) is 0 Å². The van der Waals surface area contributed by atoms with Crippen LogP contribution >= 0.6 is 0 Å². The zero-order valence-electron chi connectivity index (χ0n) is 14.8. The number of nitrogens with zero attached hydrogens (tertiary/aromatic N) is 1. The first-order chi connectivity index (χ1) is 12.7. The van der Waals surface area contributed by atoms with Gasteiger partial charge in [0.25, 0.3) is 5.91 Å². The van der Waals surface area contributed by atoms with Gasteiger partial charge < -0.3 is 15.0 Å². The summed E-state index contributed by atoms with van der Waals surface area (Å²) in [5.74, 6) is 0.824. The first kappa shape index (κ1) is 18.0. The van der Waals surface area contributed by atoms with E-state index in [2.05, 4.69) is 5.32 Å². The molecule has 0 atom stereocenters. The van der Waals surface area contributed by atoms with Gasteiger partial charge in [-0.2, -0.15) is 0 Å². The van der Waals surface area contributed by atoms with Gasteiger partial charge in [-0.05, 0) is 55.7 Å². The fourth-order valence-electron chi connectivity index (χ4n) is 2.96. The molecule has 26 heavy (non-hydrogen) atoms. The van der Waals surface area contributed by atoms with Gasteiger partial charge in [0.15, 0.2) is 0 Å². The molecule has 0 aromatic heterocycles. The van der Waals surface area contributed by atoms with Crippen LogP contribution in [0.3, 0.4) is 0 Å². The van der Waals surface area contributed by atoms with Crippen LogP contribution in [0, 0.1) is 0 Å². The molecule has 3 rings (SSSR count). The molecule has 0 radical (unpaired) electrons. The third kappa shape index (κ3) is 5.09. The summed E-state index contributed by atoms with van der Waals surface area (Å²) in [7, 11) is 0. The lowest BCUT2D eigenvalue weighted by atomic mass is 10.2. The number of para-hydroxylation sites is 1. The van der Waals surface area contributed by atoms with Crippen molar-refractivity contribution < 1.29 is 14.3 Å². The molecule has 2 amide bonds. The van der Waals surface area contributed by atoms with Crippen molar-refractivity contribution in [2.75, 3.05) is 25.0 Å². The van der Waals surface area contributed by atoms with E-state index in [0.717, 1.165) is 31.7 Å². The molecule has 1 aliphatic rings. The van der Waals surface area contributed by atoms with Gasteiger partial charge in [0.1, 0.15) is 5.75 Å². The second kappa shape index (κ2) is 9.04. The summed E-state index contributed by atoms with van der Waals surface area (Å²) in [6.45, 7) is 2.17. The minimum absolute atomic E-state index is 0.0553. The van der Waals surface area contributed by atoms with E-state index in [1.165, 1.54) is 0 Å². The number of carbonyl (C=O) groups excluding carboxylic acids is 2. The summed E-state index contributed by atoms with van der Waals surface area (Å²) in [4.78, 5) is 26.2. The highest BCUT2D eigenvalue weighted by molar-refractivity contribution is 5.96. The highest BCUT2D eigenvalue weighted by Crippen LogP contribution is 2.16. The average Bonchev–Trinajstić information content (AvgIpc) is 3.21. The maximum atomic E-state index is 12.3. The molecule has 0 saturated carbocycles. The number of hydrogen-bond donors (Lipinski definition) is 1. The summed E-state index contributed by atoms with van der Waals surface area (Å²) in [5, 5.41) is 2.86. The SMILES string of the molecule is O=C(CCCOc1ccccc1)Nc1ccc(C(=O)N2CCCC2)cc1. The van der Waals surface area contributed by atoms with Crippen LogP contribution in [0.5, 0.6) is 5.75 Å². The molecule has 5 heteroatoms. The van der Waals surface area contributed by atoms with Crippen LogP contribution in [0.25, 0.3) is 0 Å². The number of rotatable bonds is 7. The van der Waals surface area contributed by atoms with Gasteiger partial charge in [-0.25, -0.2) is 0 Å². The topological polar surface area (TPSA) is 58.6 Å². The predicted octanol–water partition coefficient (Wildman–Crippen LogP) is 3.72.